The summed E-state index contributed by atoms with van der Waals surface area (Å²) in [5, 5.41) is 3.30. The van der Waals surface area contributed by atoms with Gasteiger partial charge in [-0.1, -0.05) is 6.07 Å². The molecule has 1 aliphatic heterocycles. The van der Waals surface area contributed by atoms with E-state index in [1.807, 2.05) is 0 Å². The van der Waals surface area contributed by atoms with E-state index in [0.717, 1.165) is 18.7 Å². The zero-order valence-electron chi connectivity index (χ0n) is 9.03. The molecule has 2 rings (SSSR count). The summed E-state index contributed by atoms with van der Waals surface area (Å²) in [4.78, 5) is 0. The smallest absolute Gasteiger partial charge is 0.126 e. The number of nitrogens with one attached hydrogen (secondary N) is 1. The summed E-state index contributed by atoms with van der Waals surface area (Å²) in [6, 6.07) is 4.66. The summed E-state index contributed by atoms with van der Waals surface area (Å²) in [7, 11) is 1.54. The lowest BCUT2D eigenvalue weighted by Crippen LogP contribution is -2.34. The van der Waals surface area contributed by atoms with Crippen LogP contribution in [0.25, 0.3) is 0 Å². The molecule has 0 unspecified atom stereocenters. The third kappa shape index (κ3) is 2.84. The number of halogens is 2. The maximum absolute atomic E-state index is 13.0. The van der Waals surface area contributed by atoms with Crippen molar-refractivity contribution in [2.75, 3.05) is 26.9 Å². The fourth-order valence-electron chi connectivity index (χ4n) is 1.74. The normalized spacial score (nSPS) is 20.0. The summed E-state index contributed by atoms with van der Waals surface area (Å²) in [6.07, 6.45) is 0. The number of benzene rings is 1. The third-order valence-electron chi connectivity index (χ3n) is 2.49. The van der Waals surface area contributed by atoms with Gasteiger partial charge in [0.2, 0.25) is 0 Å². The van der Waals surface area contributed by atoms with Crippen LogP contribution in [0.2, 0.25) is 0 Å². The van der Waals surface area contributed by atoms with Gasteiger partial charge in [0.05, 0.1) is 26.4 Å². The molecule has 1 atom stereocenters. The maximum atomic E-state index is 13.0. The SMILES string of the molecule is COc1cc(F)ccc1[C@@H]1COCCN1.Cl. The van der Waals surface area contributed by atoms with Crippen LogP contribution < -0.4 is 10.1 Å². The Labute approximate surface area is 100 Å². The van der Waals surface area contributed by atoms with Gasteiger partial charge in [-0.05, 0) is 6.07 Å². The van der Waals surface area contributed by atoms with E-state index in [-0.39, 0.29) is 24.3 Å². The van der Waals surface area contributed by atoms with E-state index in [9.17, 15) is 4.39 Å². The number of hydrogen-bond donors (Lipinski definition) is 1. The third-order valence-corrected chi connectivity index (χ3v) is 2.49. The Bertz CT molecular complexity index is 343. The van der Waals surface area contributed by atoms with Crippen LogP contribution in [0.3, 0.4) is 0 Å². The molecule has 5 heteroatoms. The Morgan fingerprint density at radius 3 is 2.94 bits per heavy atom. The molecule has 1 N–H and O–H groups in total. The molecular weight excluding hydrogens is 233 g/mol. The number of morpholine rings is 1. The van der Waals surface area contributed by atoms with Crippen LogP contribution in [0.5, 0.6) is 5.75 Å². The Balaban J connectivity index is 0.00000128. The summed E-state index contributed by atoms with van der Waals surface area (Å²) in [5.74, 6) is 0.283. The lowest BCUT2D eigenvalue weighted by Gasteiger charge is -2.25. The molecule has 1 aliphatic rings. The van der Waals surface area contributed by atoms with E-state index in [2.05, 4.69) is 5.32 Å². The zero-order chi connectivity index (χ0) is 10.7. The number of ether oxygens (including phenoxy) is 2. The predicted octanol–water partition coefficient (Wildman–Crippen LogP) is 1.92. The second kappa shape index (κ2) is 6.03. The number of methoxy groups -OCH3 is 1. The van der Waals surface area contributed by atoms with E-state index in [4.69, 9.17) is 9.47 Å². The summed E-state index contributed by atoms with van der Waals surface area (Å²) in [6.45, 7) is 2.13. The van der Waals surface area contributed by atoms with Crippen LogP contribution in [0.4, 0.5) is 4.39 Å². The van der Waals surface area contributed by atoms with E-state index in [1.54, 1.807) is 13.2 Å². The Kier molecular flexibility index (Phi) is 4.99. The standard InChI is InChI=1S/C11H14FNO2.ClH/c1-14-11-6-8(12)2-3-9(11)10-7-15-5-4-13-10;/h2-3,6,10,13H,4-5,7H2,1H3;1H/t10-;/m0./s1. The van der Waals surface area contributed by atoms with Gasteiger partial charge in [0.1, 0.15) is 11.6 Å². The molecule has 16 heavy (non-hydrogen) atoms. The topological polar surface area (TPSA) is 30.5 Å². The predicted molar refractivity (Wildman–Crippen MR) is 61.8 cm³/mol. The summed E-state index contributed by atoms with van der Waals surface area (Å²) in [5.41, 5.74) is 0.943. The van der Waals surface area contributed by atoms with Crippen LogP contribution in [-0.2, 0) is 4.74 Å². The van der Waals surface area contributed by atoms with Crippen molar-refractivity contribution in [2.45, 2.75) is 6.04 Å². The van der Waals surface area contributed by atoms with Crippen LogP contribution in [0.1, 0.15) is 11.6 Å². The van der Waals surface area contributed by atoms with Crippen molar-refractivity contribution in [3.05, 3.63) is 29.6 Å². The van der Waals surface area contributed by atoms with Crippen molar-refractivity contribution in [3.8, 4) is 5.75 Å². The van der Waals surface area contributed by atoms with Gasteiger partial charge in [-0.25, -0.2) is 4.39 Å². The van der Waals surface area contributed by atoms with Crippen LogP contribution in [0, 0.1) is 5.82 Å². The average molecular weight is 248 g/mol. The first kappa shape index (κ1) is 13.2. The van der Waals surface area contributed by atoms with E-state index >= 15 is 0 Å². The van der Waals surface area contributed by atoms with Crippen molar-refractivity contribution in [1.29, 1.82) is 0 Å². The van der Waals surface area contributed by atoms with Crippen molar-refractivity contribution >= 4 is 12.4 Å². The highest BCUT2D eigenvalue weighted by molar-refractivity contribution is 5.85. The van der Waals surface area contributed by atoms with Crippen molar-refractivity contribution < 1.29 is 13.9 Å². The molecule has 1 heterocycles. The molecule has 1 fully saturated rings. The Morgan fingerprint density at radius 2 is 2.31 bits per heavy atom. The maximum Gasteiger partial charge on any atom is 0.126 e. The Morgan fingerprint density at radius 1 is 1.50 bits per heavy atom. The quantitative estimate of drug-likeness (QED) is 0.866. The lowest BCUT2D eigenvalue weighted by molar-refractivity contribution is 0.0760. The van der Waals surface area contributed by atoms with Crippen LogP contribution in [-0.4, -0.2) is 26.9 Å². The molecule has 0 aromatic heterocycles. The summed E-state index contributed by atoms with van der Waals surface area (Å²) >= 11 is 0. The zero-order valence-corrected chi connectivity index (χ0v) is 9.85. The monoisotopic (exact) mass is 247 g/mol. The average Bonchev–Trinajstić information content (AvgIpc) is 2.30. The lowest BCUT2D eigenvalue weighted by atomic mass is 10.1. The number of hydrogen-bond acceptors (Lipinski definition) is 3. The molecule has 0 radical (unpaired) electrons. The fourth-order valence-corrected chi connectivity index (χ4v) is 1.74. The molecule has 3 nitrogen and oxygen atoms in total. The van der Waals surface area contributed by atoms with Crippen LogP contribution in [0.15, 0.2) is 18.2 Å². The molecule has 0 amide bonds. The highest BCUT2D eigenvalue weighted by Gasteiger charge is 2.19. The molecular formula is C11H15ClFNO2. The highest BCUT2D eigenvalue weighted by atomic mass is 35.5. The molecule has 1 aromatic rings. The van der Waals surface area contributed by atoms with Gasteiger partial charge in [-0.3, -0.25) is 0 Å². The minimum Gasteiger partial charge on any atom is -0.496 e. The first-order valence-corrected chi connectivity index (χ1v) is 4.96. The molecule has 1 aromatic carbocycles. The summed E-state index contributed by atoms with van der Waals surface area (Å²) < 4.78 is 23.5. The molecule has 0 spiro atoms. The molecule has 0 bridgehead atoms. The number of rotatable bonds is 2. The van der Waals surface area contributed by atoms with Gasteiger partial charge >= 0.3 is 0 Å². The van der Waals surface area contributed by atoms with Gasteiger partial charge in [-0.15, -0.1) is 12.4 Å². The van der Waals surface area contributed by atoms with E-state index in [1.165, 1.54) is 12.1 Å². The van der Waals surface area contributed by atoms with Gasteiger partial charge in [0.15, 0.2) is 0 Å². The second-order valence-electron chi connectivity index (χ2n) is 3.47. The largest absolute Gasteiger partial charge is 0.496 e. The minimum absolute atomic E-state index is 0. The van der Waals surface area contributed by atoms with Gasteiger partial charge in [-0.2, -0.15) is 0 Å². The highest BCUT2D eigenvalue weighted by Crippen LogP contribution is 2.27. The first-order chi connectivity index (χ1) is 7.31. The van der Waals surface area contributed by atoms with Gasteiger partial charge < -0.3 is 14.8 Å². The molecule has 1 saturated heterocycles. The van der Waals surface area contributed by atoms with E-state index in [0.29, 0.717) is 12.4 Å². The van der Waals surface area contributed by atoms with E-state index < -0.39 is 0 Å². The Hall–Kier alpha value is -0.840. The van der Waals surface area contributed by atoms with Gasteiger partial charge in [0.25, 0.3) is 0 Å². The second-order valence-corrected chi connectivity index (χ2v) is 3.47. The van der Waals surface area contributed by atoms with Crippen molar-refractivity contribution in [1.82, 2.24) is 5.32 Å². The minimum atomic E-state index is -0.285. The van der Waals surface area contributed by atoms with Crippen LogP contribution >= 0.6 is 12.4 Å². The van der Waals surface area contributed by atoms with Crippen molar-refractivity contribution in [3.63, 3.8) is 0 Å². The fraction of sp³-hybridized carbons (Fsp3) is 0.455. The van der Waals surface area contributed by atoms with Crippen molar-refractivity contribution in [2.24, 2.45) is 0 Å². The molecule has 0 aliphatic carbocycles. The van der Waals surface area contributed by atoms with Gasteiger partial charge in [0, 0.05) is 18.2 Å². The first-order valence-electron chi connectivity index (χ1n) is 4.96. The molecule has 90 valence electrons. The molecule has 0 saturated carbocycles.